The molecule has 0 rings (SSSR count). The summed E-state index contributed by atoms with van der Waals surface area (Å²) in [6, 6.07) is -0.538. The molecular formula is C81H157NO5. The van der Waals surface area contributed by atoms with E-state index in [2.05, 4.69) is 43.5 Å². The molecule has 0 aliphatic rings. The lowest BCUT2D eigenvalue weighted by atomic mass is 10.0. The number of allylic oxidation sites excluding steroid dienone is 4. The summed E-state index contributed by atoms with van der Waals surface area (Å²) in [7, 11) is 0. The molecule has 6 nitrogen and oxygen atoms in total. The fourth-order valence-corrected chi connectivity index (χ4v) is 12.9. The summed E-state index contributed by atoms with van der Waals surface area (Å²) in [6.45, 7) is 4.98. The van der Waals surface area contributed by atoms with Crippen molar-refractivity contribution in [3.63, 3.8) is 0 Å². The standard InChI is InChI=1S/C81H157NO5/c1-3-5-7-9-11-13-15-17-18-19-43-46-50-53-57-61-65-69-73-79(84)78(77-83)82-80(85)74-70-66-62-58-54-51-47-44-41-39-37-35-33-31-29-27-25-23-21-20-22-24-26-28-30-32-34-36-38-40-42-45-48-52-56-60-64-68-72-76-87-81(86)75-71-67-63-59-55-49-16-14-12-10-8-6-4-2/h14,16,20-21,78-79,83-84H,3-13,15,17-19,22-77H2,1-2H3,(H,82,85)/b16-14-,21-20-. The van der Waals surface area contributed by atoms with Gasteiger partial charge in [-0.1, -0.05) is 391 Å². The van der Waals surface area contributed by atoms with Crippen LogP contribution in [0.15, 0.2) is 24.3 Å². The van der Waals surface area contributed by atoms with E-state index >= 15 is 0 Å². The van der Waals surface area contributed by atoms with Crippen molar-refractivity contribution >= 4 is 11.9 Å². The highest BCUT2D eigenvalue weighted by Crippen LogP contribution is 2.20. The molecule has 0 fully saturated rings. The Morgan fingerprint density at radius 2 is 0.540 bits per heavy atom. The monoisotopic (exact) mass is 1220 g/mol. The number of aliphatic hydroxyl groups is 2. The highest BCUT2D eigenvalue weighted by Gasteiger charge is 2.20. The Bertz CT molecular complexity index is 1360. The summed E-state index contributed by atoms with van der Waals surface area (Å²) in [4.78, 5) is 24.6. The van der Waals surface area contributed by atoms with E-state index in [-0.39, 0.29) is 18.5 Å². The first-order chi connectivity index (χ1) is 43.0. The van der Waals surface area contributed by atoms with Crippen LogP contribution in [-0.4, -0.2) is 47.4 Å². The van der Waals surface area contributed by atoms with Crippen LogP contribution in [0.1, 0.15) is 457 Å². The number of aliphatic hydroxyl groups excluding tert-OH is 2. The smallest absolute Gasteiger partial charge is 0.305 e. The third-order valence-corrected chi connectivity index (χ3v) is 19.0. The van der Waals surface area contributed by atoms with Crippen molar-refractivity contribution in [3.8, 4) is 0 Å². The van der Waals surface area contributed by atoms with Gasteiger partial charge in [-0.15, -0.1) is 0 Å². The van der Waals surface area contributed by atoms with Crippen molar-refractivity contribution in [2.24, 2.45) is 0 Å². The zero-order valence-electron chi connectivity index (χ0n) is 59.3. The maximum Gasteiger partial charge on any atom is 0.305 e. The molecule has 0 aromatic carbocycles. The molecule has 3 N–H and O–H groups in total. The van der Waals surface area contributed by atoms with Gasteiger partial charge >= 0.3 is 5.97 Å². The van der Waals surface area contributed by atoms with Gasteiger partial charge in [0.1, 0.15) is 0 Å². The van der Waals surface area contributed by atoms with Gasteiger partial charge in [0, 0.05) is 12.8 Å². The number of carbonyl (C=O) groups is 2. The quantitative estimate of drug-likeness (QED) is 0.0320. The van der Waals surface area contributed by atoms with Crippen molar-refractivity contribution in [1.29, 1.82) is 0 Å². The SMILES string of the molecule is CCCCCC/C=C\CCCCCCCC(=O)OCCCCCCCCCCCCCCCCCCCC/C=C\CCCCCCCCCCCCCCCCCCCC(=O)NC(CO)C(O)CCCCCCCCCCCCCCCCCCCC. The molecule has 2 unspecified atom stereocenters. The summed E-state index contributed by atoms with van der Waals surface area (Å²) in [5, 5.41) is 23.4. The Hall–Kier alpha value is -1.66. The Morgan fingerprint density at radius 3 is 0.828 bits per heavy atom. The fraction of sp³-hybridized carbons (Fsp3) is 0.926. The Morgan fingerprint density at radius 1 is 0.310 bits per heavy atom. The van der Waals surface area contributed by atoms with Crippen LogP contribution in [0.5, 0.6) is 0 Å². The van der Waals surface area contributed by atoms with Crippen molar-refractivity contribution < 1.29 is 24.5 Å². The largest absolute Gasteiger partial charge is 0.466 e. The van der Waals surface area contributed by atoms with Crippen LogP contribution in [0.25, 0.3) is 0 Å². The van der Waals surface area contributed by atoms with E-state index in [0.29, 0.717) is 25.9 Å². The Kier molecular flexibility index (Phi) is 75.3. The van der Waals surface area contributed by atoms with Gasteiger partial charge < -0.3 is 20.3 Å². The number of esters is 1. The molecule has 0 radical (unpaired) electrons. The predicted octanol–water partition coefficient (Wildman–Crippen LogP) is 26.4. The number of carbonyl (C=O) groups excluding carboxylic acids is 2. The van der Waals surface area contributed by atoms with E-state index in [1.54, 1.807) is 0 Å². The number of ether oxygens (including phenoxy) is 1. The van der Waals surface area contributed by atoms with Crippen LogP contribution in [0.4, 0.5) is 0 Å². The second-order valence-corrected chi connectivity index (χ2v) is 27.7. The number of rotatable bonds is 76. The molecule has 0 saturated heterocycles. The van der Waals surface area contributed by atoms with Crippen molar-refractivity contribution in [2.75, 3.05) is 13.2 Å². The first-order valence-electron chi connectivity index (χ1n) is 40.1. The van der Waals surface area contributed by atoms with Crippen molar-refractivity contribution in [1.82, 2.24) is 5.32 Å². The number of amides is 1. The van der Waals surface area contributed by atoms with Crippen molar-refractivity contribution in [3.05, 3.63) is 24.3 Å². The number of hydrogen-bond acceptors (Lipinski definition) is 5. The molecule has 0 aromatic heterocycles. The molecule has 0 saturated carbocycles. The lowest BCUT2D eigenvalue weighted by Crippen LogP contribution is -2.45. The molecule has 0 aromatic rings. The molecule has 0 spiro atoms. The van der Waals surface area contributed by atoms with Gasteiger partial charge in [0.2, 0.25) is 5.91 Å². The fourth-order valence-electron chi connectivity index (χ4n) is 12.9. The van der Waals surface area contributed by atoms with E-state index in [4.69, 9.17) is 4.74 Å². The Labute approximate surface area is 545 Å². The van der Waals surface area contributed by atoms with Crippen LogP contribution < -0.4 is 5.32 Å². The van der Waals surface area contributed by atoms with Gasteiger partial charge in [-0.3, -0.25) is 9.59 Å². The third-order valence-electron chi connectivity index (χ3n) is 19.0. The first kappa shape index (κ1) is 85.3. The molecule has 87 heavy (non-hydrogen) atoms. The third kappa shape index (κ3) is 73.3. The normalized spacial score (nSPS) is 12.6. The summed E-state index contributed by atoms with van der Waals surface area (Å²) in [5.41, 5.74) is 0. The van der Waals surface area contributed by atoms with Crippen LogP contribution in [0, 0.1) is 0 Å². The van der Waals surface area contributed by atoms with Crippen LogP contribution in [-0.2, 0) is 14.3 Å². The average molecular weight is 1230 g/mol. The first-order valence-corrected chi connectivity index (χ1v) is 40.1. The molecule has 2 atom stereocenters. The van der Waals surface area contributed by atoms with E-state index in [1.165, 1.54) is 379 Å². The highest BCUT2D eigenvalue weighted by molar-refractivity contribution is 5.76. The van der Waals surface area contributed by atoms with E-state index < -0.39 is 12.1 Å². The van der Waals surface area contributed by atoms with Gasteiger partial charge in [-0.2, -0.15) is 0 Å². The van der Waals surface area contributed by atoms with Gasteiger partial charge in [0.15, 0.2) is 0 Å². The maximum atomic E-state index is 12.5. The number of hydrogen-bond donors (Lipinski definition) is 3. The summed E-state index contributed by atoms with van der Waals surface area (Å²) >= 11 is 0. The second-order valence-electron chi connectivity index (χ2n) is 27.7. The lowest BCUT2D eigenvalue weighted by molar-refractivity contribution is -0.143. The molecule has 1 amide bonds. The zero-order chi connectivity index (χ0) is 62.8. The molecule has 0 bridgehead atoms. The Balaban J connectivity index is 3.32. The minimum Gasteiger partial charge on any atom is -0.466 e. The van der Waals surface area contributed by atoms with Gasteiger partial charge in [0.05, 0.1) is 25.4 Å². The number of unbranched alkanes of at least 4 members (excludes halogenated alkanes) is 61. The summed E-state index contributed by atoms with van der Waals surface area (Å²) in [6.07, 6.45) is 98.6. The van der Waals surface area contributed by atoms with Gasteiger partial charge in [-0.05, 0) is 77.0 Å². The van der Waals surface area contributed by atoms with Crippen molar-refractivity contribution in [2.45, 2.75) is 469 Å². The molecule has 6 heteroatoms. The highest BCUT2D eigenvalue weighted by atomic mass is 16.5. The number of nitrogens with one attached hydrogen (secondary N) is 1. The van der Waals surface area contributed by atoms with Crippen LogP contribution in [0.3, 0.4) is 0 Å². The molecular weight excluding hydrogens is 1070 g/mol. The topological polar surface area (TPSA) is 95.9 Å². The molecule has 0 aliphatic heterocycles. The zero-order valence-corrected chi connectivity index (χ0v) is 59.3. The van der Waals surface area contributed by atoms with Gasteiger partial charge in [0.25, 0.3) is 0 Å². The maximum absolute atomic E-state index is 12.5. The molecule has 516 valence electrons. The average Bonchev–Trinajstić information content (AvgIpc) is 3.55. The van der Waals surface area contributed by atoms with Crippen LogP contribution >= 0.6 is 0 Å². The van der Waals surface area contributed by atoms with E-state index in [0.717, 1.165) is 44.9 Å². The summed E-state index contributed by atoms with van der Waals surface area (Å²) in [5.74, 6) is -0.0120. The van der Waals surface area contributed by atoms with Crippen LogP contribution in [0.2, 0.25) is 0 Å². The molecule has 0 heterocycles. The predicted molar refractivity (Wildman–Crippen MR) is 384 cm³/mol. The minimum atomic E-state index is -0.661. The molecule has 0 aliphatic carbocycles. The van der Waals surface area contributed by atoms with E-state index in [9.17, 15) is 19.8 Å². The lowest BCUT2D eigenvalue weighted by Gasteiger charge is -2.22. The van der Waals surface area contributed by atoms with Gasteiger partial charge in [-0.25, -0.2) is 0 Å². The minimum absolute atomic E-state index is 0.0139. The summed E-state index contributed by atoms with van der Waals surface area (Å²) < 4.78 is 5.49. The van der Waals surface area contributed by atoms with E-state index in [1.807, 2.05) is 0 Å². The second kappa shape index (κ2) is 76.8.